The highest BCUT2D eigenvalue weighted by atomic mass is 32.1. The predicted octanol–water partition coefficient (Wildman–Crippen LogP) is 4.80. The Morgan fingerprint density at radius 1 is 1.24 bits per heavy atom. The van der Waals surface area contributed by atoms with Crippen LogP contribution in [-0.2, 0) is 13.5 Å². The van der Waals surface area contributed by atoms with E-state index in [1.165, 1.54) is 16.9 Å². The number of carbonyl (C=O) groups is 1. The van der Waals surface area contributed by atoms with Gasteiger partial charge in [0.15, 0.2) is 5.78 Å². The Morgan fingerprint density at radius 2 is 2.07 bits per heavy atom. The summed E-state index contributed by atoms with van der Waals surface area (Å²) in [6.45, 7) is 0.481. The number of aryl methyl sites for hydroxylation is 1. The normalized spacial score (nSPS) is 12.2. The number of rotatable bonds is 8. The van der Waals surface area contributed by atoms with E-state index < -0.39 is 0 Å². The number of nitrogens with two attached hydrogens (primary N) is 1. The van der Waals surface area contributed by atoms with Crippen molar-refractivity contribution in [1.82, 2.24) is 9.78 Å². The van der Waals surface area contributed by atoms with Crippen LogP contribution in [0.5, 0.6) is 0 Å². The molecule has 5 nitrogen and oxygen atoms in total. The second-order valence-electron chi connectivity index (χ2n) is 7.12. The molecule has 0 amide bonds. The highest BCUT2D eigenvalue weighted by molar-refractivity contribution is 7.18. The van der Waals surface area contributed by atoms with E-state index in [1.54, 1.807) is 18.7 Å². The van der Waals surface area contributed by atoms with Crippen LogP contribution in [0.2, 0.25) is 0 Å². The number of nitrogens with zero attached hydrogens (tertiary/aromatic N) is 2. The summed E-state index contributed by atoms with van der Waals surface area (Å²) in [6, 6.07) is 16.0. The zero-order chi connectivity index (χ0) is 20.2. The lowest BCUT2D eigenvalue weighted by Gasteiger charge is -2.13. The summed E-state index contributed by atoms with van der Waals surface area (Å²) in [4.78, 5) is 14.9. The Bertz CT molecular complexity index is 1080. The molecular formula is C23H23N3O2S. The first-order valence-electron chi connectivity index (χ1n) is 9.57. The molecular weight excluding hydrogens is 382 g/mol. The van der Waals surface area contributed by atoms with Gasteiger partial charge in [-0.15, -0.1) is 11.3 Å². The number of carbonyl (C=O) groups excluding carboxylic acids is 1. The summed E-state index contributed by atoms with van der Waals surface area (Å²) in [5, 5.41) is 4.28. The van der Waals surface area contributed by atoms with Gasteiger partial charge in [-0.2, -0.15) is 5.10 Å². The molecule has 0 fully saturated rings. The summed E-state index contributed by atoms with van der Waals surface area (Å²) in [6.07, 6.45) is 6.35. The topological polar surface area (TPSA) is 74.0 Å². The Morgan fingerprint density at radius 3 is 2.72 bits per heavy atom. The van der Waals surface area contributed by atoms with Gasteiger partial charge in [0.25, 0.3) is 0 Å². The SMILES string of the molecule is Cn1nccc1-c1sc(C(=O)CC(CN)Cc2ccccc2)cc1-c1ccoc1. The van der Waals surface area contributed by atoms with Gasteiger partial charge < -0.3 is 10.2 Å². The largest absolute Gasteiger partial charge is 0.472 e. The lowest BCUT2D eigenvalue weighted by atomic mass is 9.94. The van der Waals surface area contributed by atoms with Crippen LogP contribution < -0.4 is 5.73 Å². The molecule has 0 aliphatic heterocycles. The van der Waals surface area contributed by atoms with Crippen molar-refractivity contribution >= 4 is 17.1 Å². The Labute approximate surface area is 173 Å². The van der Waals surface area contributed by atoms with Crippen molar-refractivity contribution < 1.29 is 9.21 Å². The number of ketones is 1. The van der Waals surface area contributed by atoms with E-state index >= 15 is 0 Å². The van der Waals surface area contributed by atoms with Crippen molar-refractivity contribution in [2.75, 3.05) is 6.54 Å². The fourth-order valence-electron chi connectivity index (χ4n) is 3.50. The number of benzene rings is 1. The monoisotopic (exact) mass is 405 g/mol. The van der Waals surface area contributed by atoms with E-state index in [0.717, 1.165) is 33.0 Å². The molecule has 1 aromatic carbocycles. The third-order valence-electron chi connectivity index (χ3n) is 5.07. The Kier molecular flexibility index (Phi) is 5.74. The van der Waals surface area contributed by atoms with E-state index in [9.17, 15) is 4.79 Å². The quantitative estimate of drug-likeness (QED) is 0.427. The Balaban J connectivity index is 1.61. The maximum absolute atomic E-state index is 13.1. The molecule has 1 atom stereocenters. The number of hydrogen-bond acceptors (Lipinski definition) is 5. The minimum Gasteiger partial charge on any atom is -0.472 e. The molecule has 0 saturated heterocycles. The molecule has 4 rings (SSSR count). The fraction of sp³-hybridized carbons (Fsp3) is 0.217. The van der Waals surface area contributed by atoms with Crippen LogP contribution in [0.1, 0.15) is 21.7 Å². The van der Waals surface area contributed by atoms with Crippen molar-refractivity contribution in [3.63, 3.8) is 0 Å². The number of hydrogen-bond donors (Lipinski definition) is 1. The van der Waals surface area contributed by atoms with E-state index in [0.29, 0.717) is 13.0 Å². The summed E-state index contributed by atoms with van der Waals surface area (Å²) >= 11 is 1.50. The van der Waals surface area contributed by atoms with Gasteiger partial charge in [-0.05, 0) is 42.6 Å². The molecule has 1 unspecified atom stereocenters. The average Bonchev–Trinajstić information content (AvgIpc) is 3.48. The lowest BCUT2D eigenvalue weighted by molar-refractivity contribution is 0.0966. The predicted molar refractivity (Wildman–Crippen MR) is 116 cm³/mol. The van der Waals surface area contributed by atoms with E-state index in [1.807, 2.05) is 48.1 Å². The fourth-order valence-corrected chi connectivity index (χ4v) is 4.68. The minimum absolute atomic E-state index is 0.115. The summed E-state index contributed by atoms with van der Waals surface area (Å²) < 4.78 is 7.09. The molecule has 2 N–H and O–H groups in total. The van der Waals surface area contributed by atoms with Crippen LogP contribution in [0.3, 0.4) is 0 Å². The molecule has 6 heteroatoms. The molecule has 0 spiro atoms. The maximum atomic E-state index is 13.1. The van der Waals surface area contributed by atoms with Gasteiger partial charge in [-0.3, -0.25) is 9.48 Å². The summed E-state index contributed by atoms with van der Waals surface area (Å²) in [7, 11) is 1.90. The van der Waals surface area contributed by atoms with E-state index in [-0.39, 0.29) is 11.7 Å². The van der Waals surface area contributed by atoms with Gasteiger partial charge in [0.1, 0.15) is 0 Å². The van der Waals surface area contributed by atoms with Crippen LogP contribution in [-0.4, -0.2) is 22.1 Å². The van der Waals surface area contributed by atoms with Gasteiger partial charge in [0.05, 0.1) is 28.0 Å². The van der Waals surface area contributed by atoms with Crippen molar-refractivity contribution in [3.8, 4) is 21.7 Å². The van der Waals surface area contributed by atoms with Crippen LogP contribution in [0.4, 0.5) is 0 Å². The van der Waals surface area contributed by atoms with Gasteiger partial charge in [-0.1, -0.05) is 30.3 Å². The Hall–Kier alpha value is -2.96. The summed E-state index contributed by atoms with van der Waals surface area (Å²) in [5.74, 6) is 0.240. The number of Topliss-reactive ketones (excluding diaryl/α,β-unsaturated/α-hetero) is 1. The van der Waals surface area contributed by atoms with Crippen molar-refractivity contribution in [3.05, 3.63) is 77.7 Å². The number of aromatic nitrogens is 2. The van der Waals surface area contributed by atoms with Gasteiger partial charge >= 0.3 is 0 Å². The molecule has 0 aliphatic rings. The molecule has 29 heavy (non-hydrogen) atoms. The molecule has 0 saturated carbocycles. The molecule has 148 valence electrons. The van der Waals surface area contributed by atoms with E-state index in [2.05, 4.69) is 17.2 Å². The van der Waals surface area contributed by atoms with Crippen molar-refractivity contribution in [1.29, 1.82) is 0 Å². The molecule has 3 aromatic heterocycles. The molecule has 3 heterocycles. The van der Waals surface area contributed by atoms with Crippen LogP contribution in [0, 0.1) is 5.92 Å². The highest BCUT2D eigenvalue weighted by Crippen LogP contribution is 2.40. The van der Waals surface area contributed by atoms with Gasteiger partial charge in [-0.25, -0.2) is 0 Å². The lowest BCUT2D eigenvalue weighted by Crippen LogP contribution is -2.20. The van der Waals surface area contributed by atoms with E-state index in [4.69, 9.17) is 10.2 Å². The zero-order valence-corrected chi connectivity index (χ0v) is 17.1. The standard InChI is InChI=1S/C23H23N3O2S/c1-26-20(7-9-25-26)23-19(18-8-10-28-15-18)13-22(29-23)21(27)12-17(14-24)11-16-5-3-2-4-6-16/h2-10,13,15,17H,11-12,14,24H2,1H3. The minimum atomic E-state index is 0.115. The number of furan rings is 1. The zero-order valence-electron chi connectivity index (χ0n) is 16.2. The molecule has 0 bridgehead atoms. The smallest absolute Gasteiger partial charge is 0.173 e. The highest BCUT2D eigenvalue weighted by Gasteiger charge is 2.22. The number of thiophene rings is 1. The third kappa shape index (κ3) is 4.23. The average molecular weight is 406 g/mol. The van der Waals surface area contributed by atoms with Crippen molar-refractivity contribution in [2.45, 2.75) is 12.8 Å². The molecule has 0 aliphatic carbocycles. The third-order valence-corrected chi connectivity index (χ3v) is 6.27. The second-order valence-corrected chi connectivity index (χ2v) is 8.18. The first-order chi connectivity index (χ1) is 14.2. The molecule has 0 radical (unpaired) electrons. The molecule has 4 aromatic rings. The first kappa shape index (κ1) is 19.4. The second kappa shape index (κ2) is 8.59. The first-order valence-corrected chi connectivity index (χ1v) is 10.4. The summed E-state index contributed by atoms with van der Waals surface area (Å²) in [5.41, 5.74) is 10.1. The van der Waals surface area contributed by atoms with Crippen LogP contribution in [0.15, 0.2) is 71.7 Å². The van der Waals surface area contributed by atoms with Crippen molar-refractivity contribution in [2.24, 2.45) is 18.7 Å². The van der Waals surface area contributed by atoms with Crippen LogP contribution in [0.25, 0.3) is 21.7 Å². The van der Waals surface area contributed by atoms with Crippen LogP contribution >= 0.6 is 11.3 Å². The van der Waals surface area contributed by atoms with Gasteiger partial charge in [0.2, 0.25) is 0 Å². The maximum Gasteiger partial charge on any atom is 0.173 e. The van der Waals surface area contributed by atoms with Gasteiger partial charge in [0, 0.05) is 30.8 Å².